The van der Waals surface area contributed by atoms with Crippen molar-refractivity contribution in [1.29, 1.82) is 0 Å². The van der Waals surface area contributed by atoms with Crippen LogP contribution in [0.3, 0.4) is 0 Å². The second-order valence-corrected chi connectivity index (χ2v) is 9.78. The standard InChI is InChI=1S/C19H21BrClN3O3S/c20-14-4-6-15(7-5-14)22-13-19(25)23-18-12-16(8-9-17(18)21)28(26,27)24-10-2-1-3-11-24/h4-9,12,22H,1-3,10-11,13H2,(H,23,25). The molecule has 2 aromatic carbocycles. The highest BCUT2D eigenvalue weighted by molar-refractivity contribution is 9.10. The number of benzene rings is 2. The molecule has 2 N–H and O–H groups in total. The molecule has 9 heteroatoms. The molecule has 3 rings (SSSR count). The second-order valence-electron chi connectivity index (χ2n) is 6.52. The van der Waals surface area contributed by atoms with Crippen molar-refractivity contribution >= 4 is 54.8 Å². The number of carbonyl (C=O) groups is 1. The molecule has 0 bridgehead atoms. The number of amides is 1. The first kappa shape index (κ1) is 21.1. The van der Waals surface area contributed by atoms with Crippen LogP contribution in [0.25, 0.3) is 0 Å². The van der Waals surface area contributed by atoms with Gasteiger partial charge in [0, 0.05) is 23.2 Å². The number of hydrogen-bond acceptors (Lipinski definition) is 4. The van der Waals surface area contributed by atoms with E-state index in [1.807, 2.05) is 24.3 Å². The van der Waals surface area contributed by atoms with Gasteiger partial charge in [0.05, 0.1) is 22.2 Å². The Balaban J connectivity index is 1.68. The topological polar surface area (TPSA) is 78.5 Å². The van der Waals surface area contributed by atoms with E-state index >= 15 is 0 Å². The Kier molecular flexibility index (Phi) is 6.98. The maximum Gasteiger partial charge on any atom is 0.243 e. The Bertz CT molecular complexity index is 945. The molecule has 2 aromatic rings. The molecule has 0 spiro atoms. The molecule has 0 unspecified atom stereocenters. The van der Waals surface area contributed by atoms with Crippen LogP contribution in [0.1, 0.15) is 19.3 Å². The number of sulfonamides is 1. The van der Waals surface area contributed by atoms with Crippen LogP contribution in [0.4, 0.5) is 11.4 Å². The number of nitrogens with one attached hydrogen (secondary N) is 2. The lowest BCUT2D eigenvalue weighted by molar-refractivity contribution is -0.114. The molecule has 0 radical (unpaired) electrons. The van der Waals surface area contributed by atoms with Crippen molar-refractivity contribution in [3.8, 4) is 0 Å². The van der Waals surface area contributed by atoms with E-state index in [-0.39, 0.29) is 28.1 Å². The van der Waals surface area contributed by atoms with Crippen LogP contribution in [-0.4, -0.2) is 38.3 Å². The molecule has 150 valence electrons. The minimum atomic E-state index is -3.59. The average Bonchev–Trinajstić information content (AvgIpc) is 2.70. The number of halogens is 2. The van der Waals surface area contributed by atoms with Gasteiger partial charge in [-0.05, 0) is 55.3 Å². The first-order valence-corrected chi connectivity index (χ1v) is 11.6. The highest BCUT2D eigenvalue weighted by Gasteiger charge is 2.26. The summed E-state index contributed by atoms with van der Waals surface area (Å²) in [7, 11) is -3.59. The van der Waals surface area contributed by atoms with E-state index < -0.39 is 10.0 Å². The van der Waals surface area contributed by atoms with Gasteiger partial charge in [-0.1, -0.05) is 34.0 Å². The Morgan fingerprint density at radius 1 is 1.07 bits per heavy atom. The van der Waals surface area contributed by atoms with Crippen LogP contribution in [0.5, 0.6) is 0 Å². The highest BCUT2D eigenvalue weighted by Crippen LogP contribution is 2.28. The Morgan fingerprint density at radius 3 is 2.43 bits per heavy atom. The number of anilines is 2. The quantitative estimate of drug-likeness (QED) is 0.637. The summed E-state index contributed by atoms with van der Waals surface area (Å²) in [4.78, 5) is 12.4. The Labute approximate surface area is 178 Å². The van der Waals surface area contributed by atoms with Crippen molar-refractivity contribution in [3.05, 3.63) is 52.0 Å². The van der Waals surface area contributed by atoms with Crippen LogP contribution >= 0.6 is 27.5 Å². The van der Waals surface area contributed by atoms with Gasteiger partial charge in [-0.2, -0.15) is 4.31 Å². The number of hydrogen-bond donors (Lipinski definition) is 2. The molecule has 28 heavy (non-hydrogen) atoms. The van der Waals surface area contributed by atoms with Crippen molar-refractivity contribution < 1.29 is 13.2 Å². The molecule has 0 aliphatic carbocycles. The van der Waals surface area contributed by atoms with Gasteiger partial charge in [0.25, 0.3) is 0 Å². The SMILES string of the molecule is O=C(CNc1ccc(Br)cc1)Nc1cc(S(=O)(=O)N2CCCCC2)ccc1Cl. The molecular weight excluding hydrogens is 466 g/mol. The smallest absolute Gasteiger partial charge is 0.243 e. The van der Waals surface area contributed by atoms with Gasteiger partial charge in [-0.25, -0.2) is 8.42 Å². The molecule has 1 amide bonds. The largest absolute Gasteiger partial charge is 0.376 e. The fourth-order valence-corrected chi connectivity index (χ4v) is 4.93. The van der Waals surface area contributed by atoms with Crippen molar-refractivity contribution in [2.75, 3.05) is 30.3 Å². The predicted molar refractivity (Wildman–Crippen MR) is 115 cm³/mol. The van der Waals surface area contributed by atoms with Crippen LogP contribution < -0.4 is 10.6 Å². The zero-order valence-electron chi connectivity index (χ0n) is 15.1. The molecule has 0 saturated carbocycles. The highest BCUT2D eigenvalue weighted by atomic mass is 79.9. The molecular formula is C19H21BrClN3O3S. The number of piperidine rings is 1. The van der Waals surface area contributed by atoms with Crippen molar-refractivity contribution in [2.45, 2.75) is 24.2 Å². The lowest BCUT2D eigenvalue weighted by Gasteiger charge is -2.26. The lowest BCUT2D eigenvalue weighted by atomic mass is 10.2. The summed E-state index contributed by atoms with van der Waals surface area (Å²) in [6, 6.07) is 11.8. The summed E-state index contributed by atoms with van der Waals surface area (Å²) in [5.74, 6) is -0.322. The van der Waals surface area contributed by atoms with E-state index in [0.29, 0.717) is 13.1 Å². The van der Waals surface area contributed by atoms with E-state index in [1.54, 1.807) is 0 Å². The normalized spacial score (nSPS) is 15.2. The van der Waals surface area contributed by atoms with Crippen molar-refractivity contribution in [1.82, 2.24) is 4.31 Å². The number of nitrogens with zero attached hydrogens (tertiary/aromatic N) is 1. The lowest BCUT2D eigenvalue weighted by Crippen LogP contribution is -2.35. The monoisotopic (exact) mass is 485 g/mol. The number of rotatable bonds is 6. The molecule has 1 fully saturated rings. The third kappa shape index (κ3) is 5.26. The van der Waals surface area contributed by atoms with Gasteiger partial charge >= 0.3 is 0 Å². The molecule has 1 saturated heterocycles. The van der Waals surface area contributed by atoms with Gasteiger partial charge in [-0.15, -0.1) is 0 Å². The number of carbonyl (C=O) groups excluding carboxylic acids is 1. The maximum atomic E-state index is 12.8. The third-order valence-electron chi connectivity index (χ3n) is 4.46. The summed E-state index contributed by atoms with van der Waals surface area (Å²) in [5.41, 5.74) is 1.08. The van der Waals surface area contributed by atoms with Gasteiger partial charge in [0.2, 0.25) is 15.9 Å². The van der Waals surface area contributed by atoms with E-state index in [2.05, 4.69) is 26.6 Å². The molecule has 0 aromatic heterocycles. The maximum absolute atomic E-state index is 12.8. The van der Waals surface area contributed by atoms with Gasteiger partial charge in [0.15, 0.2) is 0 Å². The predicted octanol–water partition coefficient (Wildman–Crippen LogP) is 4.33. The fraction of sp³-hybridized carbons (Fsp3) is 0.316. The molecule has 0 atom stereocenters. The zero-order chi connectivity index (χ0) is 20.1. The summed E-state index contributed by atoms with van der Waals surface area (Å²) < 4.78 is 28.1. The minimum absolute atomic E-state index is 0.0288. The molecule has 1 heterocycles. The van der Waals surface area contributed by atoms with Gasteiger partial charge < -0.3 is 10.6 Å². The summed E-state index contributed by atoms with van der Waals surface area (Å²) in [5, 5.41) is 5.97. The summed E-state index contributed by atoms with van der Waals surface area (Å²) in [6.07, 6.45) is 2.76. The van der Waals surface area contributed by atoms with E-state index in [0.717, 1.165) is 29.4 Å². The Hall–Kier alpha value is -1.61. The molecule has 1 aliphatic heterocycles. The second kappa shape index (κ2) is 9.26. The average molecular weight is 487 g/mol. The van der Waals surface area contributed by atoms with Crippen molar-refractivity contribution in [3.63, 3.8) is 0 Å². The van der Waals surface area contributed by atoms with E-state index in [9.17, 15) is 13.2 Å². The Morgan fingerprint density at radius 2 is 1.75 bits per heavy atom. The fourth-order valence-electron chi connectivity index (χ4n) is 2.96. The molecule has 6 nitrogen and oxygen atoms in total. The van der Waals surface area contributed by atoms with Crippen LogP contribution in [0, 0.1) is 0 Å². The third-order valence-corrected chi connectivity index (χ3v) is 7.21. The van der Waals surface area contributed by atoms with Crippen LogP contribution in [0.15, 0.2) is 51.8 Å². The summed E-state index contributed by atoms with van der Waals surface area (Å²) >= 11 is 9.52. The van der Waals surface area contributed by atoms with Crippen LogP contribution in [0.2, 0.25) is 5.02 Å². The van der Waals surface area contributed by atoms with Crippen LogP contribution in [-0.2, 0) is 14.8 Å². The van der Waals surface area contributed by atoms with Crippen molar-refractivity contribution in [2.24, 2.45) is 0 Å². The van der Waals surface area contributed by atoms with E-state index in [1.165, 1.54) is 22.5 Å². The summed E-state index contributed by atoms with van der Waals surface area (Å²) in [6.45, 7) is 1.06. The molecule has 1 aliphatic rings. The van der Waals surface area contributed by atoms with E-state index in [4.69, 9.17) is 11.6 Å². The first-order valence-electron chi connectivity index (χ1n) is 8.95. The van der Waals surface area contributed by atoms with Gasteiger partial charge in [0.1, 0.15) is 0 Å². The minimum Gasteiger partial charge on any atom is -0.376 e. The van der Waals surface area contributed by atoms with Gasteiger partial charge in [-0.3, -0.25) is 4.79 Å². The zero-order valence-corrected chi connectivity index (χ0v) is 18.3. The first-order chi connectivity index (χ1) is 13.4.